The van der Waals surface area contributed by atoms with Crippen LogP contribution in [-0.4, -0.2) is 9.13 Å². The molecule has 2 heterocycles. The van der Waals surface area contributed by atoms with Gasteiger partial charge in [0.25, 0.3) is 0 Å². The van der Waals surface area contributed by atoms with E-state index in [4.69, 9.17) is 0 Å². The van der Waals surface area contributed by atoms with Crippen molar-refractivity contribution in [3.63, 3.8) is 0 Å². The first-order valence-corrected chi connectivity index (χ1v) is 21.3. The van der Waals surface area contributed by atoms with Crippen LogP contribution in [0.25, 0.3) is 111 Å². The van der Waals surface area contributed by atoms with E-state index in [1.807, 2.05) is 0 Å². The molecule has 0 saturated carbocycles. The largest absolute Gasteiger partial charge is 0.309 e. The van der Waals surface area contributed by atoms with Crippen molar-refractivity contribution >= 4 is 43.6 Å². The number of fused-ring (bicyclic) bond motifs is 6. The van der Waals surface area contributed by atoms with Crippen LogP contribution >= 0.6 is 0 Å². The second kappa shape index (κ2) is 14.8. The number of para-hydroxylation sites is 3. The predicted molar refractivity (Wildman–Crippen MR) is 262 cm³/mol. The predicted octanol–water partition coefficient (Wildman–Crippen LogP) is 16.2. The highest BCUT2D eigenvalue weighted by Gasteiger charge is 2.18. The van der Waals surface area contributed by atoms with Crippen LogP contribution in [0.4, 0.5) is 0 Å². The van der Waals surface area contributed by atoms with E-state index in [2.05, 4.69) is 252 Å². The molecule has 0 bridgehead atoms. The smallest absolute Gasteiger partial charge is 0.0541 e. The van der Waals surface area contributed by atoms with E-state index in [1.165, 1.54) is 99.2 Å². The fraction of sp³-hybridized carbons (Fsp3) is 0. The Balaban J connectivity index is 1.08. The molecule has 10 aromatic carbocycles. The van der Waals surface area contributed by atoms with Crippen LogP contribution in [0.15, 0.2) is 243 Å². The molecule has 0 saturated heterocycles. The lowest BCUT2D eigenvalue weighted by atomic mass is 9.91. The van der Waals surface area contributed by atoms with Crippen molar-refractivity contribution in [2.75, 3.05) is 0 Å². The monoisotopic (exact) mass is 788 g/mol. The Bertz CT molecular complexity index is 3600. The fourth-order valence-electron chi connectivity index (χ4n) is 9.51. The Morgan fingerprint density at radius 2 is 0.484 bits per heavy atom. The van der Waals surface area contributed by atoms with Gasteiger partial charge in [0.1, 0.15) is 0 Å². The molecule has 2 aromatic heterocycles. The van der Waals surface area contributed by atoms with Gasteiger partial charge in [0.15, 0.2) is 0 Å². The van der Waals surface area contributed by atoms with Crippen LogP contribution in [0.3, 0.4) is 0 Å². The second-order valence-corrected chi connectivity index (χ2v) is 16.2. The number of hydrogen-bond donors (Lipinski definition) is 0. The van der Waals surface area contributed by atoms with E-state index in [1.54, 1.807) is 0 Å². The van der Waals surface area contributed by atoms with Gasteiger partial charge in [-0.3, -0.25) is 0 Å². The van der Waals surface area contributed by atoms with Gasteiger partial charge < -0.3 is 9.13 Å². The van der Waals surface area contributed by atoms with E-state index in [0.29, 0.717) is 0 Å². The number of aromatic nitrogens is 2. The van der Waals surface area contributed by atoms with Gasteiger partial charge in [-0.05, 0) is 147 Å². The molecule has 2 nitrogen and oxygen atoms in total. The summed E-state index contributed by atoms with van der Waals surface area (Å²) in [5.74, 6) is 0. The lowest BCUT2D eigenvalue weighted by Gasteiger charge is -2.13. The van der Waals surface area contributed by atoms with E-state index < -0.39 is 0 Å². The van der Waals surface area contributed by atoms with Crippen LogP contribution in [0, 0.1) is 0 Å². The molecule has 12 rings (SSSR count). The molecule has 0 atom stereocenters. The highest BCUT2D eigenvalue weighted by molar-refractivity contribution is 6.12. The maximum Gasteiger partial charge on any atom is 0.0541 e. The average Bonchev–Trinajstić information content (AvgIpc) is 3.87. The lowest BCUT2D eigenvalue weighted by Crippen LogP contribution is -1.93. The van der Waals surface area contributed by atoms with Crippen LogP contribution in [0.2, 0.25) is 0 Å². The third kappa shape index (κ3) is 6.12. The molecule has 0 aliphatic heterocycles. The first kappa shape index (κ1) is 35.7. The summed E-state index contributed by atoms with van der Waals surface area (Å²) in [4.78, 5) is 0. The minimum absolute atomic E-state index is 1.15. The third-order valence-electron chi connectivity index (χ3n) is 12.5. The van der Waals surface area contributed by atoms with Crippen molar-refractivity contribution in [1.29, 1.82) is 0 Å². The quantitative estimate of drug-likeness (QED) is 0.152. The Morgan fingerprint density at radius 1 is 0.177 bits per heavy atom. The number of hydrogen-bond acceptors (Lipinski definition) is 0. The Morgan fingerprint density at radius 3 is 0.952 bits per heavy atom. The van der Waals surface area contributed by atoms with E-state index in [-0.39, 0.29) is 0 Å². The van der Waals surface area contributed by atoms with Gasteiger partial charge in [-0.15, -0.1) is 0 Å². The van der Waals surface area contributed by atoms with E-state index in [9.17, 15) is 0 Å². The zero-order valence-electron chi connectivity index (χ0n) is 34.0. The summed E-state index contributed by atoms with van der Waals surface area (Å²) in [5, 5.41) is 4.95. The molecule has 0 aliphatic rings. The summed E-state index contributed by atoms with van der Waals surface area (Å²) >= 11 is 0. The maximum absolute atomic E-state index is 2.41. The number of rotatable bonds is 7. The molecular formula is C60H40N2. The number of benzene rings is 10. The summed E-state index contributed by atoms with van der Waals surface area (Å²) in [6.45, 7) is 0. The van der Waals surface area contributed by atoms with Gasteiger partial charge >= 0.3 is 0 Å². The van der Waals surface area contributed by atoms with Crippen molar-refractivity contribution in [2.45, 2.75) is 0 Å². The van der Waals surface area contributed by atoms with Gasteiger partial charge in [0, 0.05) is 32.9 Å². The standard InChI is InChI=1S/C60H40N2/c1-5-16-41(17-6-1)43-20-15-21-44(34-43)48-35-49(46-29-32-58-54(39-46)53-26-13-14-27-57(53)61(58)51-22-9-3-10-23-51)37-50(36-48)47-30-33-60-56(40-47)55-38-45(42-18-7-2-8-19-42)28-31-59(55)62(60)52-24-11-4-12-25-52/h1-40H. The summed E-state index contributed by atoms with van der Waals surface area (Å²) in [6.07, 6.45) is 0. The topological polar surface area (TPSA) is 9.86 Å². The van der Waals surface area contributed by atoms with Crippen molar-refractivity contribution in [3.8, 4) is 67.0 Å². The summed E-state index contributed by atoms with van der Waals surface area (Å²) < 4.78 is 4.79. The van der Waals surface area contributed by atoms with Crippen LogP contribution in [0.1, 0.15) is 0 Å². The van der Waals surface area contributed by atoms with Gasteiger partial charge in [-0.25, -0.2) is 0 Å². The molecule has 0 amide bonds. The third-order valence-corrected chi connectivity index (χ3v) is 12.5. The highest BCUT2D eigenvalue weighted by atomic mass is 15.0. The Kier molecular flexibility index (Phi) is 8.53. The molecule has 0 N–H and O–H groups in total. The molecule has 0 unspecified atom stereocenters. The normalized spacial score (nSPS) is 11.5. The van der Waals surface area contributed by atoms with Gasteiger partial charge in [-0.1, -0.05) is 152 Å². The summed E-state index contributed by atoms with van der Waals surface area (Å²) in [6, 6.07) is 88.6. The molecule has 0 spiro atoms. The van der Waals surface area contributed by atoms with Gasteiger partial charge in [0.2, 0.25) is 0 Å². The molecule has 0 fully saturated rings. The first-order chi connectivity index (χ1) is 30.7. The second-order valence-electron chi connectivity index (χ2n) is 16.2. The average molecular weight is 789 g/mol. The Hall–Kier alpha value is -8.20. The summed E-state index contributed by atoms with van der Waals surface area (Å²) in [5.41, 5.74) is 19.0. The van der Waals surface area contributed by atoms with Crippen molar-refractivity contribution in [2.24, 2.45) is 0 Å². The van der Waals surface area contributed by atoms with Gasteiger partial charge in [-0.2, -0.15) is 0 Å². The lowest BCUT2D eigenvalue weighted by molar-refractivity contribution is 1.18. The van der Waals surface area contributed by atoms with Crippen molar-refractivity contribution < 1.29 is 0 Å². The SMILES string of the molecule is c1ccc(-c2cccc(-c3cc(-c4ccc5c(c4)c4ccccc4n5-c4ccccc4)cc(-c4ccc5c(c4)c4cc(-c6ccccc6)ccc4n5-c4ccccc4)c3)c2)cc1. The molecule has 12 aromatic rings. The molecular weight excluding hydrogens is 749 g/mol. The van der Waals surface area contributed by atoms with Crippen LogP contribution < -0.4 is 0 Å². The van der Waals surface area contributed by atoms with Crippen LogP contribution in [-0.2, 0) is 0 Å². The molecule has 2 heteroatoms. The van der Waals surface area contributed by atoms with Crippen LogP contribution in [0.5, 0.6) is 0 Å². The minimum Gasteiger partial charge on any atom is -0.309 e. The van der Waals surface area contributed by atoms with E-state index >= 15 is 0 Å². The molecule has 0 radical (unpaired) electrons. The number of nitrogens with zero attached hydrogens (tertiary/aromatic N) is 2. The van der Waals surface area contributed by atoms with Crippen molar-refractivity contribution in [1.82, 2.24) is 9.13 Å². The molecule has 290 valence electrons. The fourth-order valence-corrected chi connectivity index (χ4v) is 9.51. The maximum atomic E-state index is 2.41. The van der Waals surface area contributed by atoms with E-state index in [0.717, 1.165) is 11.4 Å². The minimum atomic E-state index is 1.15. The zero-order valence-corrected chi connectivity index (χ0v) is 34.0. The first-order valence-electron chi connectivity index (χ1n) is 21.3. The van der Waals surface area contributed by atoms with Gasteiger partial charge in [0.05, 0.1) is 22.1 Å². The highest BCUT2D eigenvalue weighted by Crippen LogP contribution is 2.41. The zero-order chi connectivity index (χ0) is 41.0. The molecule has 0 aliphatic carbocycles. The Labute approximate surface area is 360 Å². The molecule has 62 heavy (non-hydrogen) atoms. The van der Waals surface area contributed by atoms with Crippen molar-refractivity contribution in [3.05, 3.63) is 243 Å². The summed E-state index contributed by atoms with van der Waals surface area (Å²) in [7, 11) is 0.